The van der Waals surface area contributed by atoms with Crippen LogP contribution in [-0.4, -0.2) is 19.1 Å². The molecule has 0 heterocycles. The molecule has 4 heteroatoms. The summed E-state index contributed by atoms with van der Waals surface area (Å²) in [6, 6.07) is 9.07. The van der Waals surface area contributed by atoms with Crippen LogP contribution in [0, 0.1) is 6.92 Å². The van der Waals surface area contributed by atoms with Gasteiger partial charge in [0.15, 0.2) is 0 Å². The summed E-state index contributed by atoms with van der Waals surface area (Å²) in [4.78, 5) is 10.9. The molecular weight excluding hydrogens is 196 g/mol. The van der Waals surface area contributed by atoms with E-state index in [0.717, 1.165) is 0 Å². The molecular formula is C11H13O4. The van der Waals surface area contributed by atoms with Gasteiger partial charge in [0.2, 0.25) is 6.29 Å². The van der Waals surface area contributed by atoms with Crippen LogP contribution in [0.15, 0.2) is 30.3 Å². The second-order valence-electron chi connectivity index (χ2n) is 2.71. The molecule has 0 saturated carbocycles. The highest BCUT2D eigenvalue weighted by molar-refractivity contribution is 5.59. The molecule has 0 bridgehead atoms. The summed E-state index contributed by atoms with van der Waals surface area (Å²) < 4.78 is 14.6. The van der Waals surface area contributed by atoms with E-state index in [-0.39, 0.29) is 6.61 Å². The first kappa shape index (κ1) is 11.4. The van der Waals surface area contributed by atoms with Crippen LogP contribution in [0.4, 0.5) is 4.79 Å². The van der Waals surface area contributed by atoms with Crippen molar-refractivity contribution in [3.63, 3.8) is 0 Å². The first-order valence-corrected chi connectivity index (χ1v) is 4.56. The van der Waals surface area contributed by atoms with E-state index in [9.17, 15) is 4.79 Å². The van der Waals surface area contributed by atoms with Gasteiger partial charge in [0.05, 0.1) is 6.61 Å². The Hall–Kier alpha value is -1.71. The van der Waals surface area contributed by atoms with Crippen LogP contribution in [0.1, 0.15) is 6.92 Å². The molecule has 81 valence electrons. The van der Waals surface area contributed by atoms with Crippen LogP contribution >= 0.6 is 0 Å². The van der Waals surface area contributed by atoms with Crippen molar-refractivity contribution in [1.29, 1.82) is 0 Å². The molecule has 1 radical (unpaired) electrons. The number of para-hydroxylation sites is 1. The third-order valence-corrected chi connectivity index (χ3v) is 1.53. The Bertz CT molecular complexity index is 297. The zero-order valence-corrected chi connectivity index (χ0v) is 8.51. The van der Waals surface area contributed by atoms with Crippen molar-refractivity contribution in [3.05, 3.63) is 37.3 Å². The number of benzene rings is 1. The number of carbonyl (C=O) groups excluding carboxylic acids is 1. The van der Waals surface area contributed by atoms with Gasteiger partial charge in [-0.05, 0) is 19.1 Å². The van der Waals surface area contributed by atoms with Crippen molar-refractivity contribution in [1.82, 2.24) is 0 Å². The van der Waals surface area contributed by atoms with Gasteiger partial charge in [-0.3, -0.25) is 0 Å². The molecule has 0 spiro atoms. The zero-order chi connectivity index (χ0) is 11.1. The molecule has 1 rings (SSSR count). The lowest BCUT2D eigenvalue weighted by Gasteiger charge is -2.14. The van der Waals surface area contributed by atoms with Crippen molar-refractivity contribution in [3.8, 4) is 5.75 Å². The van der Waals surface area contributed by atoms with Gasteiger partial charge in [-0.15, -0.1) is 0 Å². The van der Waals surface area contributed by atoms with Crippen LogP contribution in [0.3, 0.4) is 0 Å². The summed E-state index contributed by atoms with van der Waals surface area (Å²) in [6.45, 7) is 5.00. The van der Waals surface area contributed by atoms with E-state index in [4.69, 9.17) is 9.47 Å². The fourth-order valence-electron chi connectivity index (χ4n) is 0.968. The Morgan fingerprint density at radius 1 is 1.40 bits per heavy atom. The van der Waals surface area contributed by atoms with Crippen LogP contribution < -0.4 is 4.74 Å². The average molecular weight is 209 g/mol. The molecule has 1 aromatic rings. The molecule has 0 aromatic heterocycles. The monoisotopic (exact) mass is 209 g/mol. The molecule has 0 aliphatic rings. The normalized spacial score (nSPS) is 11.6. The predicted octanol–water partition coefficient (Wildman–Crippen LogP) is 2.40. The van der Waals surface area contributed by atoms with E-state index in [1.54, 1.807) is 19.1 Å². The third-order valence-electron chi connectivity index (χ3n) is 1.53. The second-order valence-corrected chi connectivity index (χ2v) is 2.71. The van der Waals surface area contributed by atoms with Gasteiger partial charge in [-0.2, -0.15) is 0 Å². The van der Waals surface area contributed by atoms with Gasteiger partial charge in [-0.1, -0.05) is 18.2 Å². The summed E-state index contributed by atoms with van der Waals surface area (Å²) in [5.41, 5.74) is 0. The summed E-state index contributed by atoms with van der Waals surface area (Å²) in [5.74, 6) is 0.632. The van der Waals surface area contributed by atoms with Gasteiger partial charge in [0.1, 0.15) is 5.75 Å². The molecule has 0 aliphatic heterocycles. The van der Waals surface area contributed by atoms with Crippen molar-refractivity contribution in [2.75, 3.05) is 6.61 Å². The topological polar surface area (TPSA) is 44.8 Å². The van der Waals surface area contributed by atoms with Gasteiger partial charge in [-0.25, -0.2) is 4.79 Å². The fraction of sp³-hybridized carbons (Fsp3) is 0.273. The largest absolute Gasteiger partial charge is 0.511 e. The first-order chi connectivity index (χ1) is 7.22. The smallest absolute Gasteiger partial charge is 0.455 e. The maximum atomic E-state index is 10.9. The van der Waals surface area contributed by atoms with E-state index in [1.165, 1.54) is 0 Å². The maximum Gasteiger partial charge on any atom is 0.511 e. The van der Waals surface area contributed by atoms with E-state index in [1.807, 2.05) is 18.2 Å². The lowest BCUT2D eigenvalue weighted by Crippen LogP contribution is -2.21. The standard InChI is InChI=1S/C11H13O4/c1-3-13-11(12)15-9(2)14-10-7-5-4-6-8-10/h4-9H,1,3H2,2H3. The Balaban J connectivity index is 2.36. The minimum Gasteiger partial charge on any atom is -0.455 e. The number of rotatable bonds is 4. The van der Waals surface area contributed by atoms with Gasteiger partial charge >= 0.3 is 6.16 Å². The summed E-state index contributed by atoms with van der Waals surface area (Å²) >= 11 is 0. The lowest BCUT2D eigenvalue weighted by molar-refractivity contribution is -0.0505. The highest BCUT2D eigenvalue weighted by Crippen LogP contribution is 2.11. The molecule has 0 saturated heterocycles. The number of ether oxygens (including phenoxy) is 3. The quantitative estimate of drug-likeness (QED) is 0.564. The van der Waals surface area contributed by atoms with E-state index in [0.29, 0.717) is 5.75 Å². The molecule has 1 unspecified atom stereocenters. The second kappa shape index (κ2) is 5.90. The molecule has 4 nitrogen and oxygen atoms in total. The molecule has 0 fully saturated rings. The van der Waals surface area contributed by atoms with Crippen molar-refractivity contribution >= 4 is 6.16 Å². The van der Waals surface area contributed by atoms with E-state index < -0.39 is 12.4 Å². The minimum absolute atomic E-state index is 0.0386. The van der Waals surface area contributed by atoms with Crippen molar-refractivity contribution in [2.45, 2.75) is 13.2 Å². The predicted molar refractivity (Wildman–Crippen MR) is 54.3 cm³/mol. The molecule has 0 N–H and O–H groups in total. The van der Waals surface area contributed by atoms with Crippen molar-refractivity contribution in [2.24, 2.45) is 0 Å². The van der Waals surface area contributed by atoms with E-state index in [2.05, 4.69) is 11.7 Å². The number of hydrogen-bond acceptors (Lipinski definition) is 4. The Morgan fingerprint density at radius 3 is 2.67 bits per heavy atom. The maximum absolute atomic E-state index is 10.9. The summed E-state index contributed by atoms with van der Waals surface area (Å²) in [6.07, 6.45) is -1.47. The molecule has 0 aliphatic carbocycles. The van der Waals surface area contributed by atoms with E-state index >= 15 is 0 Å². The highest BCUT2D eigenvalue weighted by Gasteiger charge is 2.10. The van der Waals surface area contributed by atoms with Crippen LogP contribution in [0.25, 0.3) is 0 Å². The summed E-state index contributed by atoms with van der Waals surface area (Å²) in [7, 11) is 0. The van der Waals surface area contributed by atoms with Crippen LogP contribution in [-0.2, 0) is 9.47 Å². The first-order valence-electron chi connectivity index (χ1n) is 4.56. The summed E-state index contributed by atoms with van der Waals surface area (Å²) in [5, 5.41) is 0. The van der Waals surface area contributed by atoms with Gasteiger partial charge in [0, 0.05) is 6.92 Å². The highest BCUT2D eigenvalue weighted by atomic mass is 16.8. The minimum atomic E-state index is -0.784. The SMILES string of the molecule is [CH2]COC(=O)OC(C)Oc1ccccc1. The number of carbonyl (C=O) groups is 1. The molecule has 1 aromatic carbocycles. The third kappa shape index (κ3) is 4.35. The molecule has 0 amide bonds. The number of hydrogen-bond donors (Lipinski definition) is 0. The zero-order valence-electron chi connectivity index (χ0n) is 8.51. The Kier molecular flexibility index (Phi) is 4.47. The average Bonchev–Trinajstić information content (AvgIpc) is 2.19. The van der Waals surface area contributed by atoms with Gasteiger partial charge < -0.3 is 14.2 Å². The Morgan fingerprint density at radius 2 is 2.07 bits per heavy atom. The van der Waals surface area contributed by atoms with Crippen LogP contribution in [0.2, 0.25) is 0 Å². The van der Waals surface area contributed by atoms with Crippen molar-refractivity contribution < 1.29 is 19.0 Å². The van der Waals surface area contributed by atoms with Crippen LogP contribution in [0.5, 0.6) is 5.75 Å². The lowest BCUT2D eigenvalue weighted by atomic mass is 10.3. The van der Waals surface area contributed by atoms with Gasteiger partial charge in [0.25, 0.3) is 0 Å². The molecule has 1 atom stereocenters. The molecule has 15 heavy (non-hydrogen) atoms. The Labute approximate surface area is 88.8 Å². The fourth-order valence-corrected chi connectivity index (χ4v) is 0.968.